The summed E-state index contributed by atoms with van der Waals surface area (Å²) in [6.07, 6.45) is 5.78. The molecule has 0 atom stereocenters. The molecule has 1 saturated carbocycles. The summed E-state index contributed by atoms with van der Waals surface area (Å²) in [6, 6.07) is 1.45. The van der Waals surface area contributed by atoms with Gasteiger partial charge in [0.25, 0.3) is 10.0 Å². The van der Waals surface area contributed by atoms with E-state index in [1.54, 1.807) is 7.05 Å². The molecule has 2 N–H and O–H groups in total. The summed E-state index contributed by atoms with van der Waals surface area (Å²) in [5.74, 6) is 0. The predicted octanol–water partition coefficient (Wildman–Crippen LogP) is 0.394. The number of aliphatic hydroxyl groups is 1. The second kappa shape index (κ2) is 4.99. The van der Waals surface area contributed by atoms with E-state index < -0.39 is 15.6 Å². The number of sulfonamides is 1. The molecule has 0 saturated heterocycles. The monoisotopic (exact) mass is 273 g/mol. The van der Waals surface area contributed by atoms with Gasteiger partial charge in [-0.15, -0.1) is 0 Å². The number of nitrogens with one attached hydrogen (secondary N) is 1. The van der Waals surface area contributed by atoms with Crippen LogP contribution in [0.2, 0.25) is 0 Å². The molecule has 1 heterocycles. The Morgan fingerprint density at radius 1 is 1.44 bits per heavy atom. The third-order valence-corrected chi connectivity index (χ3v) is 5.17. The van der Waals surface area contributed by atoms with Crippen molar-refractivity contribution in [1.82, 2.24) is 14.5 Å². The number of aryl methyl sites for hydroxylation is 1. The van der Waals surface area contributed by atoms with Gasteiger partial charge >= 0.3 is 0 Å². The molecule has 1 aliphatic carbocycles. The van der Waals surface area contributed by atoms with Gasteiger partial charge in [-0.05, 0) is 18.9 Å². The smallest absolute Gasteiger partial charge is 0.258 e. The molecule has 1 aliphatic rings. The average Bonchev–Trinajstić information content (AvgIpc) is 2.77. The lowest BCUT2D eigenvalue weighted by Gasteiger charge is -2.35. The first-order chi connectivity index (χ1) is 8.49. The summed E-state index contributed by atoms with van der Waals surface area (Å²) in [5, 5.41) is 13.5. The molecule has 0 spiro atoms. The predicted molar refractivity (Wildman–Crippen MR) is 66.4 cm³/mol. The minimum absolute atomic E-state index is 0.126. The Labute approximate surface area is 107 Å². The van der Waals surface area contributed by atoms with E-state index in [1.165, 1.54) is 16.9 Å². The Bertz CT molecular complexity index is 503. The van der Waals surface area contributed by atoms with E-state index in [1.807, 2.05) is 0 Å². The lowest BCUT2D eigenvalue weighted by molar-refractivity contribution is 0.142. The SMILES string of the molecule is Cn1nccc1S(=O)(=O)NC1(CO)CCCCC1. The highest BCUT2D eigenvalue weighted by molar-refractivity contribution is 7.89. The first kappa shape index (κ1) is 13.5. The van der Waals surface area contributed by atoms with Crippen LogP contribution in [-0.2, 0) is 17.1 Å². The van der Waals surface area contributed by atoms with Crippen LogP contribution in [-0.4, -0.2) is 35.5 Å². The van der Waals surface area contributed by atoms with Crippen LogP contribution in [0.4, 0.5) is 0 Å². The van der Waals surface area contributed by atoms with E-state index in [0.29, 0.717) is 12.8 Å². The number of hydrogen-bond acceptors (Lipinski definition) is 4. The van der Waals surface area contributed by atoms with Crippen molar-refractivity contribution in [2.75, 3.05) is 6.61 Å². The van der Waals surface area contributed by atoms with Crippen LogP contribution in [0.3, 0.4) is 0 Å². The summed E-state index contributed by atoms with van der Waals surface area (Å²) in [4.78, 5) is 0. The standard InChI is InChI=1S/C11H19N3O3S/c1-14-10(5-8-12-14)18(16,17)13-11(9-15)6-3-2-4-7-11/h5,8,13,15H,2-4,6-7,9H2,1H3. The first-order valence-corrected chi connectivity index (χ1v) is 7.60. The molecular weight excluding hydrogens is 254 g/mol. The Balaban J connectivity index is 2.24. The highest BCUT2D eigenvalue weighted by Gasteiger charge is 2.36. The fourth-order valence-corrected chi connectivity index (χ4v) is 4.06. The van der Waals surface area contributed by atoms with Crippen molar-refractivity contribution in [3.8, 4) is 0 Å². The van der Waals surface area contributed by atoms with Crippen LogP contribution in [0.15, 0.2) is 17.3 Å². The molecular formula is C11H19N3O3S. The molecule has 0 aromatic carbocycles. The summed E-state index contributed by atoms with van der Waals surface area (Å²) >= 11 is 0. The maximum Gasteiger partial charge on any atom is 0.258 e. The highest BCUT2D eigenvalue weighted by atomic mass is 32.2. The van der Waals surface area contributed by atoms with Crippen LogP contribution < -0.4 is 4.72 Å². The van der Waals surface area contributed by atoms with E-state index >= 15 is 0 Å². The van der Waals surface area contributed by atoms with Crippen LogP contribution in [0.25, 0.3) is 0 Å². The summed E-state index contributed by atoms with van der Waals surface area (Å²) in [5.41, 5.74) is -0.707. The third kappa shape index (κ3) is 2.57. The lowest BCUT2D eigenvalue weighted by Crippen LogP contribution is -2.52. The van der Waals surface area contributed by atoms with Gasteiger partial charge in [-0.1, -0.05) is 19.3 Å². The Kier molecular flexibility index (Phi) is 3.74. The van der Waals surface area contributed by atoms with Crippen LogP contribution in [0.5, 0.6) is 0 Å². The number of aromatic nitrogens is 2. The van der Waals surface area contributed by atoms with Crippen molar-refractivity contribution in [2.45, 2.75) is 42.7 Å². The van der Waals surface area contributed by atoms with Crippen molar-refractivity contribution in [3.05, 3.63) is 12.3 Å². The van der Waals surface area contributed by atoms with Crippen molar-refractivity contribution in [3.63, 3.8) is 0 Å². The summed E-state index contributed by atoms with van der Waals surface area (Å²) < 4.78 is 28.5. The molecule has 6 nitrogen and oxygen atoms in total. The van der Waals surface area contributed by atoms with Gasteiger partial charge in [0, 0.05) is 7.05 Å². The highest BCUT2D eigenvalue weighted by Crippen LogP contribution is 2.29. The number of nitrogens with zero attached hydrogens (tertiary/aromatic N) is 2. The minimum atomic E-state index is -3.63. The van der Waals surface area contributed by atoms with Crippen molar-refractivity contribution >= 4 is 10.0 Å². The van der Waals surface area contributed by atoms with Crippen molar-refractivity contribution in [1.29, 1.82) is 0 Å². The fraction of sp³-hybridized carbons (Fsp3) is 0.727. The van der Waals surface area contributed by atoms with Gasteiger partial charge in [0.05, 0.1) is 18.3 Å². The third-order valence-electron chi connectivity index (χ3n) is 3.52. The molecule has 2 rings (SSSR count). The van der Waals surface area contributed by atoms with E-state index in [9.17, 15) is 13.5 Å². The fourth-order valence-electron chi connectivity index (χ4n) is 2.48. The molecule has 1 aromatic heterocycles. The average molecular weight is 273 g/mol. The molecule has 102 valence electrons. The molecule has 0 bridgehead atoms. The molecule has 0 unspecified atom stereocenters. The van der Waals surface area contributed by atoms with Gasteiger partial charge in [0.2, 0.25) is 0 Å². The molecule has 7 heteroatoms. The zero-order valence-electron chi connectivity index (χ0n) is 10.5. The number of aliphatic hydroxyl groups excluding tert-OH is 1. The lowest BCUT2D eigenvalue weighted by atomic mass is 9.83. The van der Waals surface area contributed by atoms with Gasteiger partial charge in [-0.25, -0.2) is 13.1 Å². The molecule has 18 heavy (non-hydrogen) atoms. The summed E-state index contributed by atoms with van der Waals surface area (Å²) in [7, 11) is -2.04. The normalized spacial score (nSPS) is 19.9. The topological polar surface area (TPSA) is 84.2 Å². The maximum absolute atomic E-state index is 12.3. The van der Waals surface area contributed by atoms with Gasteiger partial charge in [-0.2, -0.15) is 5.10 Å². The Morgan fingerprint density at radius 3 is 2.61 bits per heavy atom. The van der Waals surface area contributed by atoms with E-state index in [2.05, 4.69) is 9.82 Å². The molecule has 0 radical (unpaired) electrons. The minimum Gasteiger partial charge on any atom is -0.394 e. The maximum atomic E-state index is 12.3. The van der Waals surface area contributed by atoms with E-state index in [0.717, 1.165) is 19.3 Å². The quantitative estimate of drug-likeness (QED) is 0.831. The van der Waals surface area contributed by atoms with Crippen molar-refractivity contribution < 1.29 is 13.5 Å². The van der Waals surface area contributed by atoms with Gasteiger partial charge in [0.1, 0.15) is 0 Å². The van der Waals surface area contributed by atoms with Crippen LogP contribution in [0.1, 0.15) is 32.1 Å². The molecule has 0 aliphatic heterocycles. The van der Waals surface area contributed by atoms with Gasteiger partial charge in [0.15, 0.2) is 5.03 Å². The first-order valence-electron chi connectivity index (χ1n) is 6.12. The van der Waals surface area contributed by atoms with E-state index in [-0.39, 0.29) is 11.6 Å². The van der Waals surface area contributed by atoms with Crippen LogP contribution >= 0.6 is 0 Å². The second-order valence-electron chi connectivity index (χ2n) is 4.90. The van der Waals surface area contributed by atoms with Gasteiger partial charge < -0.3 is 5.11 Å². The molecule has 1 fully saturated rings. The number of rotatable bonds is 4. The van der Waals surface area contributed by atoms with Crippen molar-refractivity contribution in [2.24, 2.45) is 7.05 Å². The summed E-state index contributed by atoms with van der Waals surface area (Å²) in [6.45, 7) is -0.163. The van der Waals surface area contributed by atoms with Crippen LogP contribution in [0, 0.1) is 0 Å². The second-order valence-corrected chi connectivity index (χ2v) is 6.53. The largest absolute Gasteiger partial charge is 0.394 e. The zero-order chi connectivity index (χ0) is 13.2. The Hall–Kier alpha value is -0.920. The van der Waals surface area contributed by atoms with E-state index in [4.69, 9.17) is 0 Å². The number of hydrogen-bond donors (Lipinski definition) is 2. The van der Waals surface area contributed by atoms with Gasteiger partial charge in [-0.3, -0.25) is 4.68 Å². The molecule has 1 aromatic rings. The Morgan fingerprint density at radius 2 is 2.11 bits per heavy atom. The zero-order valence-corrected chi connectivity index (χ0v) is 11.3. The molecule has 0 amide bonds.